The number of hydrogen-bond acceptors (Lipinski definition) is 8. The summed E-state index contributed by atoms with van der Waals surface area (Å²) < 4.78 is 22.5. The van der Waals surface area contributed by atoms with E-state index >= 15 is 0 Å². The van der Waals surface area contributed by atoms with Crippen molar-refractivity contribution < 1.29 is 38.7 Å². The average molecular weight is 595 g/mol. The largest absolute Gasteiger partial charge is 0.508 e. The molecule has 0 bridgehead atoms. The first-order valence-electron chi connectivity index (χ1n) is 14.0. The van der Waals surface area contributed by atoms with Gasteiger partial charge in [0.15, 0.2) is 11.6 Å². The number of rotatable bonds is 17. The van der Waals surface area contributed by atoms with Crippen molar-refractivity contribution in [3.63, 3.8) is 0 Å². The third-order valence-corrected chi connectivity index (χ3v) is 6.58. The quantitative estimate of drug-likeness (QED) is 0.0823. The van der Waals surface area contributed by atoms with Crippen molar-refractivity contribution >= 4 is 22.7 Å². The molecule has 4 aromatic rings. The first kappa shape index (κ1) is 31.7. The molecule has 0 aliphatic rings. The Kier molecular flexibility index (Phi) is 11.5. The van der Waals surface area contributed by atoms with Crippen LogP contribution in [-0.2, 0) is 9.47 Å². The van der Waals surface area contributed by atoms with Crippen molar-refractivity contribution in [1.82, 2.24) is 0 Å². The van der Waals surface area contributed by atoms with Crippen LogP contribution in [0.15, 0.2) is 110 Å². The molecule has 0 atom stereocenters. The number of carbonyl (C=O) groups excluding carboxylic acids is 2. The molecule has 0 aromatic heterocycles. The van der Waals surface area contributed by atoms with Crippen LogP contribution in [-0.4, -0.2) is 61.4 Å². The highest BCUT2D eigenvalue weighted by Crippen LogP contribution is 2.23. The molecule has 0 radical (unpaired) electrons. The van der Waals surface area contributed by atoms with E-state index in [0.29, 0.717) is 84.5 Å². The standard InChI is InChI=1S/C36H34O8/c1-25(35(39)29-3-11-31(37)12-4-29)27-7-15-33(16-8-27)43-23-21-41-19-20-42-22-24-44-34-17-9-28(10-18-34)26(2)36(40)30-5-13-32(38)14-6-30/h3-18,37-38H,1-2,19-24H2. The van der Waals surface area contributed by atoms with Gasteiger partial charge in [0.25, 0.3) is 0 Å². The van der Waals surface area contributed by atoms with Gasteiger partial charge in [0.05, 0.1) is 26.4 Å². The molecule has 4 aromatic carbocycles. The number of phenolic OH excluding ortho intramolecular Hbond substituents is 2. The van der Waals surface area contributed by atoms with Crippen LogP contribution in [0.25, 0.3) is 11.1 Å². The predicted molar refractivity (Wildman–Crippen MR) is 168 cm³/mol. The van der Waals surface area contributed by atoms with Gasteiger partial charge in [-0.25, -0.2) is 0 Å². The molecule has 0 unspecified atom stereocenters. The van der Waals surface area contributed by atoms with Crippen LogP contribution in [0.1, 0.15) is 31.8 Å². The monoisotopic (exact) mass is 594 g/mol. The Balaban J connectivity index is 1.05. The van der Waals surface area contributed by atoms with E-state index in [1.165, 1.54) is 24.3 Å². The van der Waals surface area contributed by atoms with Crippen LogP contribution >= 0.6 is 0 Å². The molecule has 8 heteroatoms. The smallest absolute Gasteiger partial charge is 0.193 e. The minimum absolute atomic E-state index is 0.0996. The van der Waals surface area contributed by atoms with Crippen LogP contribution in [0.3, 0.4) is 0 Å². The van der Waals surface area contributed by atoms with E-state index in [9.17, 15) is 19.8 Å². The summed E-state index contributed by atoms with van der Waals surface area (Å²) in [6.07, 6.45) is 0. The zero-order chi connectivity index (χ0) is 31.3. The first-order valence-corrected chi connectivity index (χ1v) is 14.0. The highest BCUT2D eigenvalue weighted by atomic mass is 16.6. The topological polar surface area (TPSA) is 112 Å². The lowest BCUT2D eigenvalue weighted by Crippen LogP contribution is -2.13. The van der Waals surface area contributed by atoms with Crippen molar-refractivity contribution in [1.29, 1.82) is 0 Å². The number of allylic oxidation sites excluding steroid dienone is 2. The summed E-state index contributed by atoms with van der Waals surface area (Å²) >= 11 is 0. The van der Waals surface area contributed by atoms with Gasteiger partial charge in [-0.2, -0.15) is 0 Å². The van der Waals surface area contributed by atoms with E-state index in [2.05, 4.69) is 13.2 Å². The third kappa shape index (κ3) is 9.16. The molecule has 0 saturated carbocycles. The second-order valence-corrected chi connectivity index (χ2v) is 9.68. The van der Waals surface area contributed by atoms with Crippen LogP contribution in [0.5, 0.6) is 23.0 Å². The molecule has 4 rings (SSSR count). The second kappa shape index (κ2) is 15.9. The molecule has 0 spiro atoms. The van der Waals surface area contributed by atoms with Gasteiger partial charge in [0.1, 0.15) is 36.2 Å². The Morgan fingerprint density at radius 2 is 0.750 bits per heavy atom. The molecule has 0 fully saturated rings. The van der Waals surface area contributed by atoms with Crippen LogP contribution < -0.4 is 9.47 Å². The highest BCUT2D eigenvalue weighted by molar-refractivity contribution is 6.28. The maximum atomic E-state index is 12.6. The number of benzene rings is 4. The molecule has 0 heterocycles. The maximum absolute atomic E-state index is 12.6. The lowest BCUT2D eigenvalue weighted by Gasteiger charge is -2.10. The Morgan fingerprint density at radius 1 is 0.455 bits per heavy atom. The highest BCUT2D eigenvalue weighted by Gasteiger charge is 2.13. The molecule has 44 heavy (non-hydrogen) atoms. The van der Waals surface area contributed by atoms with Crippen molar-refractivity contribution in [2.24, 2.45) is 0 Å². The van der Waals surface area contributed by atoms with Gasteiger partial charge < -0.3 is 29.2 Å². The third-order valence-electron chi connectivity index (χ3n) is 6.58. The Morgan fingerprint density at radius 3 is 1.09 bits per heavy atom. The van der Waals surface area contributed by atoms with Crippen molar-refractivity contribution in [3.8, 4) is 23.0 Å². The molecule has 0 saturated heterocycles. The van der Waals surface area contributed by atoms with Gasteiger partial charge in [0, 0.05) is 22.3 Å². The fourth-order valence-electron chi connectivity index (χ4n) is 4.10. The Labute approximate surface area is 256 Å². The van der Waals surface area contributed by atoms with E-state index in [0.717, 1.165) is 0 Å². The lowest BCUT2D eigenvalue weighted by atomic mass is 9.98. The number of aromatic hydroxyl groups is 2. The summed E-state index contributed by atoms with van der Waals surface area (Å²) in [5.41, 5.74) is 3.01. The summed E-state index contributed by atoms with van der Waals surface area (Å²) in [6.45, 7) is 10.1. The Bertz CT molecular complexity index is 1430. The summed E-state index contributed by atoms with van der Waals surface area (Å²) in [6, 6.07) is 26.3. The number of carbonyl (C=O) groups is 2. The minimum Gasteiger partial charge on any atom is -0.508 e. The summed E-state index contributed by atoms with van der Waals surface area (Å²) in [5, 5.41) is 18.8. The summed E-state index contributed by atoms with van der Waals surface area (Å²) in [7, 11) is 0. The van der Waals surface area contributed by atoms with Gasteiger partial charge in [-0.3, -0.25) is 9.59 Å². The fourth-order valence-corrected chi connectivity index (χ4v) is 4.10. The molecular formula is C36H34O8. The van der Waals surface area contributed by atoms with Crippen molar-refractivity contribution in [2.45, 2.75) is 0 Å². The number of ketones is 2. The molecule has 226 valence electrons. The fraction of sp³-hybridized carbons (Fsp3) is 0.167. The molecule has 0 amide bonds. The minimum atomic E-state index is -0.209. The van der Waals surface area contributed by atoms with Gasteiger partial charge in [0.2, 0.25) is 0 Å². The molecule has 2 N–H and O–H groups in total. The lowest BCUT2D eigenvalue weighted by molar-refractivity contribution is 0.0273. The van der Waals surface area contributed by atoms with E-state index in [1.807, 2.05) is 0 Å². The predicted octanol–water partition coefficient (Wildman–Crippen LogP) is 6.38. The summed E-state index contributed by atoms with van der Waals surface area (Å²) in [4.78, 5) is 25.2. The number of Topliss-reactive ketones (excluding diaryl/α,β-unsaturated/α-hetero) is 2. The number of ether oxygens (including phenoxy) is 4. The van der Waals surface area contributed by atoms with Crippen LogP contribution in [0.2, 0.25) is 0 Å². The number of phenols is 2. The van der Waals surface area contributed by atoms with Crippen molar-refractivity contribution in [2.75, 3.05) is 39.6 Å². The van der Waals surface area contributed by atoms with E-state index in [1.54, 1.807) is 72.8 Å². The van der Waals surface area contributed by atoms with E-state index in [-0.39, 0.29) is 23.1 Å². The zero-order valence-electron chi connectivity index (χ0n) is 24.2. The second-order valence-electron chi connectivity index (χ2n) is 9.68. The van der Waals surface area contributed by atoms with Crippen molar-refractivity contribution in [3.05, 3.63) is 132 Å². The van der Waals surface area contributed by atoms with E-state index in [4.69, 9.17) is 18.9 Å². The first-order chi connectivity index (χ1) is 21.3. The molecule has 0 aliphatic heterocycles. The van der Waals surface area contributed by atoms with Gasteiger partial charge in [-0.15, -0.1) is 0 Å². The number of hydrogen-bond donors (Lipinski definition) is 2. The molecule has 0 aliphatic carbocycles. The normalized spacial score (nSPS) is 10.6. The van der Waals surface area contributed by atoms with Gasteiger partial charge in [-0.05, 0) is 83.9 Å². The van der Waals surface area contributed by atoms with Gasteiger partial charge in [-0.1, -0.05) is 37.4 Å². The summed E-state index contributed by atoms with van der Waals surface area (Å²) in [5.74, 6) is 1.08. The Hall–Kier alpha value is -5.18. The molecular weight excluding hydrogens is 560 g/mol. The van der Waals surface area contributed by atoms with Crippen LogP contribution in [0, 0.1) is 0 Å². The average Bonchev–Trinajstić information content (AvgIpc) is 3.05. The van der Waals surface area contributed by atoms with Crippen LogP contribution in [0.4, 0.5) is 0 Å². The maximum Gasteiger partial charge on any atom is 0.193 e. The SMILES string of the molecule is C=C(C(=O)c1ccc(O)cc1)c1ccc(OCCOCCOCCOc2ccc(C(=C)C(=O)c3ccc(O)cc3)cc2)cc1. The van der Waals surface area contributed by atoms with Gasteiger partial charge >= 0.3 is 0 Å². The molecule has 8 nitrogen and oxygen atoms in total. The van der Waals surface area contributed by atoms with E-state index < -0.39 is 0 Å². The zero-order valence-corrected chi connectivity index (χ0v) is 24.2.